The van der Waals surface area contributed by atoms with Crippen LogP contribution in [0.2, 0.25) is 0 Å². The lowest BCUT2D eigenvalue weighted by Crippen LogP contribution is -2.68. The summed E-state index contributed by atoms with van der Waals surface area (Å²) in [5.74, 6) is -0.327. The summed E-state index contributed by atoms with van der Waals surface area (Å²) >= 11 is 0. The fraction of sp³-hybridized carbons (Fsp3) is 0.500. The van der Waals surface area contributed by atoms with Crippen molar-refractivity contribution < 1.29 is 41.7 Å². The monoisotopic (exact) mass is 743 g/mol. The SMILES string of the molecule is COc1nc(OC)c(CN2CC(C(c3ccccc3)c3ccccc3)N3CCN(C(=O)C4COCCO4)C[C@H]3C2)c(OCC(F)(F)F)n1.Cl.Cl. The summed E-state index contributed by atoms with van der Waals surface area (Å²) in [5, 5.41) is 0. The first-order chi connectivity index (χ1) is 23.2. The number of carbonyl (C=O) groups is 1. The molecule has 1 aromatic heterocycles. The number of hydrogen-bond acceptors (Lipinski definition) is 10. The predicted octanol–water partition coefficient (Wildman–Crippen LogP) is 4.22. The number of halogens is 5. The van der Waals surface area contributed by atoms with E-state index in [0.717, 1.165) is 11.1 Å². The second-order valence-corrected chi connectivity index (χ2v) is 12.1. The summed E-state index contributed by atoms with van der Waals surface area (Å²) in [5.41, 5.74) is 2.56. The van der Waals surface area contributed by atoms with E-state index in [2.05, 4.69) is 44.0 Å². The Labute approximate surface area is 301 Å². The van der Waals surface area contributed by atoms with Crippen LogP contribution in [0.4, 0.5) is 13.2 Å². The molecule has 0 radical (unpaired) electrons. The van der Waals surface area contributed by atoms with E-state index in [1.54, 1.807) is 0 Å². The number of ether oxygens (including phenoxy) is 5. The molecule has 0 bridgehead atoms. The molecule has 3 aliphatic rings. The van der Waals surface area contributed by atoms with Gasteiger partial charge in [-0.15, -0.1) is 24.8 Å². The Morgan fingerprint density at radius 2 is 1.56 bits per heavy atom. The molecule has 4 heterocycles. The molecule has 1 amide bonds. The average Bonchev–Trinajstić information content (AvgIpc) is 3.11. The van der Waals surface area contributed by atoms with E-state index in [0.29, 0.717) is 45.9 Å². The number of methoxy groups -OCH3 is 2. The highest BCUT2D eigenvalue weighted by Crippen LogP contribution is 2.38. The lowest BCUT2D eigenvalue weighted by atomic mass is 9.81. The number of carbonyl (C=O) groups excluding carboxylic acids is 1. The van der Waals surface area contributed by atoms with Crippen LogP contribution in [0.3, 0.4) is 0 Å². The van der Waals surface area contributed by atoms with Crippen molar-refractivity contribution in [2.45, 2.75) is 36.8 Å². The Hall–Kier alpha value is -3.40. The van der Waals surface area contributed by atoms with Gasteiger partial charge in [-0.3, -0.25) is 14.6 Å². The molecule has 3 fully saturated rings. The van der Waals surface area contributed by atoms with E-state index in [4.69, 9.17) is 23.7 Å². The van der Waals surface area contributed by atoms with Gasteiger partial charge < -0.3 is 28.6 Å². The summed E-state index contributed by atoms with van der Waals surface area (Å²) in [6, 6.07) is 20.2. The maximum atomic E-state index is 13.5. The van der Waals surface area contributed by atoms with Gasteiger partial charge in [-0.2, -0.15) is 23.1 Å². The highest BCUT2D eigenvalue weighted by molar-refractivity contribution is 5.85. The van der Waals surface area contributed by atoms with E-state index in [-0.39, 0.29) is 85.2 Å². The van der Waals surface area contributed by atoms with Crippen molar-refractivity contribution in [1.29, 1.82) is 0 Å². The van der Waals surface area contributed by atoms with E-state index in [1.807, 2.05) is 41.3 Å². The maximum absolute atomic E-state index is 13.5. The largest absolute Gasteiger partial charge is 0.481 e. The molecule has 0 saturated carbocycles. The highest BCUT2D eigenvalue weighted by Gasteiger charge is 2.44. The molecule has 3 atom stereocenters. The first-order valence-electron chi connectivity index (χ1n) is 16.0. The van der Waals surface area contributed by atoms with Crippen LogP contribution in [-0.2, 0) is 20.8 Å². The molecular weight excluding hydrogens is 702 g/mol. The second kappa shape index (κ2) is 17.7. The Morgan fingerprint density at radius 3 is 2.14 bits per heavy atom. The van der Waals surface area contributed by atoms with Gasteiger partial charge in [0.2, 0.25) is 11.8 Å². The molecule has 6 rings (SSSR count). The van der Waals surface area contributed by atoms with Gasteiger partial charge >= 0.3 is 12.2 Å². The Bertz CT molecular complexity index is 1480. The summed E-state index contributed by atoms with van der Waals surface area (Å²) in [6.07, 6.45) is -5.22. The van der Waals surface area contributed by atoms with Crippen molar-refractivity contribution >= 4 is 30.7 Å². The van der Waals surface area contributed by atoms with Gasteiger partial charge in [0.25, 0.3) is 5.91 Å². The minimum atomic E-state index is -4.58. The third-order valence-corrected chi connectivity index (χ3v) is 9.01. The van der Waals surface area contributed by atoms with Crippen molar-refractivity contribution in [3.8, 4) is 17.8 Å². The number of hydrogen-bond donors (Lipinski definition) is 0. The number of nitrogens with zero attached hydrogens (tertiary/aromatic N) is 5. The molecule has 0 N–H and O–H groups in total. The Morgan fingerprint density at radius 1 is 0.900 bits per heavy atom. The molecular formula is C34H42Cl2F3N5O6. The minimum absolute atomic E-state index is 0. The lowest BCUT2D eigenvalue weighted by Gasteiger charge is -2.53. The first-order valence-corrected chi connectivity index (χ1v) is 16.0. The van der Waals surface area contributed by atoms with Crippen molar-refractivity contribution in [3.05, 3.63) is 77.4 Å². The normalized spacial score (nSPS) is 21.4. The number of fused-ring (bicyclic) bond motifs is 1. The average molecular weight is 745 g/mol. The highest BCUT2D eigenvalue weighted by atomic mass is 35.5. The van der Waals surface area contributed by atoms with Gasteiger partial charge in [-0.1, -0.05) is 60.7 Å². The summed E-state index contributed by atoms with van der Waals surface area (Å²) in [7, 11) is 2.71. The number of piperazine rings is 2. The van der Waals surface area contributed by atoms with Gasteiger partial charge in [0.05, 0.1) is 39.6 Å². The molecule has 0 spiro atoms. The van der Waals surface area contributed by atoms with Gasteiger partial charge in [0.15, 0.2) is 12.7 Å². The molecule has 50 heavy (non-hydrogen) atoms. The molecule has 274 valence electrons. The van der Waals surface area contributed by atoms with Gasteiger partial charge in [-0.05, 0) is 11.1 Å². The molecule has 0 aliphatic carbocycles. The maximum Gasteiger partial charge on any atom is 0.422 e. The molecule has 2 unspecified atom stereocenters. The van der Waals surface area contributed by atoms with Gasteiger partial charge in [0.1, 0.15) is 0 Å². The number of aromatic nitrogens is 2. The molecule has 3 aliphatic heterocycles. The van der Waals surface area contributed by atoms with E-state index < -0.39 is 18.9 Å². The van der Waals surface area contributed by atoms with Crippen molar-refractivity contribution in [1.82, 2.24) is 24.7 Å². The molecule has 16 heteroatoms. The standard InChI is InChI=1S/C34H40F3N5O6.2ClH/c1-44-30-26(31(39-33(38-30)45-2)48-22-34(35,36)37)19-40-17-25-18-41(32(43)28-21-46-15-16-47-28)13-14-42(25)27(20-40)29(23-9-5-3-6-10-23)24-11-7-4-8-12-24;;/h3-12,25,27-29H,13-22H2,1-2H3;2*1H/t25-,27?,28?;;/m1../s1. The smallest absolute Gasteiger partial charge is 0.422 e. The summed E-state index contributed by atoms with van der Waals surface area (Å²) < 4.78 is 67.0. The van der Waals surface area contributed by atoms with Crippen LogP contribution >= 0.6 is 24.8 Å². The van der Waals surface area contributed by atoms with Gasteiger partial charge in [-0.25, -0.2) is 0 Å². The Balaban J connectivity index is 0.00000281. The minimum Gasteiger partial charge on any atom is -0.481 e. The van der Waals surface area contributed by atoms with Crippen LogP contribution in [0.1, 0.15) is 22.6 Å². The molecule has 2 aromatic carbocycles. The van der Waals surface area contributed by atoms with Crippen LogP contribution < -0.4 is 14.2 Å². The number of alkyl halides is 3. The van der Waals surface area contributed by atoms with Crippen molar-refractivity contribution in [2.24, 2.45) is 0 Å². The second-order valence-electron chi connectivity index (χ2n) is 12.1. The van der Waals surface area contributed by atoms with Crippen LogP contribution in [-0.4, -0.2) is 128 Å². The molecule has 3 aromatic rings. The zero-order chi connectivity index (χ0) is 33.7. The quantitative estimate of drug-likeness (QED) is 0.300. The van der Waals surface area contributed by atoms with Gasteiger partial charge in [0, 0.05) is 57.3 Å². The fourth-order valence-electron chi connectivity index (χ4n) is 6.94. The topological polar surface area (TPSA) is 98.7 Å². The number of amides is 1. The number of benzene rings is 2. The summed E-state index contributed by atoms with van der Waals surface area (Å²) in [6.45, 7) is 2.39. The number of rotatable bonds is 10. The van der Waals surface area contributed by atoms with Crippen LogP contribution in [0.5, 0.6) is 17.8 Å². The van der Waals surface area contributed by atoms with Crippen molar-refractivity contribution in [3.63, 3.8) is 0 Å². The summed E-state index contributed by atoms with van der Waals surface area (Å²) in [4.78, 5) is 28.4. The third-order valence-electron chi connectivity index (χ3n) is 9.01. The molecule has 11 nitrogen and oxygen atoms in total. The first kappa shape index (κ1) is 39.4. The van der Waals surface area contributed by atoms with E-state index in [9.17, 15) is 18.0 Å². The van der Waals surface area contributed by atoms with Crippen LogP contribution in [0.25, 0.3) is 0 Å². The molecule has 3 saturated heterocycles. The van der Waals surface area contributed by atoms with E-state index in [1.165, 1.54) is 14.2 Å². The van der Waals surface area contributed by atoms with Crippen LogP contribution in [0.15, 0.2) is 60.7 Å². The zero-order valence-electron chi connectivity index (χ0n) is 27.8. The van der Waals surface area contributed by atoms with Crippen LogP contribution in [0, 0.1) is 0 Å². The third kappa shape index (κ3) is 9.28. The van der Waals surface area contributed by atoms with E-state index >= 15 is 0 Å². The van der Waals surface area contributed by atoms with Crippen molar-refractivity contribution in [2.75, 3.05) is 73.4 Å². The fourth-order valence-corrected chi connectivity index (χ4v) is 6.94. The lowest BCUT2D eigenvalue weighted by molar-refractivity contribution is -0.162. The predicted molar refractivity (Wildman–Crippen MR) is 183 cm³/mol. The Kier molecular flexibility index (Phi) is 13.9. The zero-order valence-corrected chi connectivity index (χ0v) is 29.4.